The van der Waals surface area contributed by atoms with E-state index in [0.29, 0.717) is 5.25 Å². The number of aryl methyl sites for hydroxylation is 2. The van der Waals surface area contributed by atoms with Gasteiger partial charge in [-0.2, -0.15) is 5.10 Å². The molecule has 0 aliphatic carbocycles. The number of hydrogen-bond donors (Lipinski definition) is 0. The summed E-state index contributed by atoms with van der Waals surface area (Å²) >= 11 is 1.78. The number of rotatable bonds is 9. The van der Waals surface area contributed by atoms with E-state index in [1.807, 2.05) is 4.41 Å². The zero-order valence-electron chi connectivity index (χ0n) is 16.0. The standard InChI is InChI=1S/C23H30N2S/c1-3-5-6-7-9-20-12-16-22(17-13-20)25-24-18-23(26-25)21-14-10-19(8-4-2)11-15-21/h10-18,23H,3-9H2,1-2H3. The molecular formula is C23H30N2S. The van der Waals surface area contributed by atoms with Crippen molar-refractivity contribution >= 4 is 23.8 Å². The van der Waals surface area contributed by atoms with E-state index in [2.05, 4.69) is 73.7 Å². The summed E-state index contributed by atoms with van der Waals surface area (Å²) in [5, 5.41) is 4.91. The Labute approximate surface area is 162 Å². The monoisotopic (exact) mass is 366 g/mol. The molecule has 0 saturated carbocycles. The zero-order chi connectivity index (χ0) is 18.2. The van der Waals surface area contributed by atoms with Crippen LogP contribution in [-0.2, 0) is 12.8 Å². The van der Waals surface area contributed by atoms with Crippen molar-refractivity contribution in [3.8, 4) is 0 Å². The van der Waals surface area contributed by atoms with Crippen LogP contribution in [0.4, 0.5) is 5.69 Å². The van der Waals surface area contributed by atoms with E-state index < -0.39 is 0 Å². The molecule has 3 rings (SSSR count). The number of unbranched alkanes of at least 4 members (excludes halogenated alkanes) is 3. The maximum atomic E-state index is 4.61. The molecule has 0 radical (unpaired) electrons. The maximum Gasteiger partial charge on any atom is 0.0887 e. The molecule has 2 nitrogen and oxygen atoms in total. The van der Waals surface area contributed by atoms with Crippen molar-refractivity contribution in [2.45, 2.75) is 64.0 Å². The molecule has 2 aromatic rings. The van der Waals surface area contributed by atoms with Gasteiger partial charge in [-0.3, -0.25) is 0 Å². The van der Waals surface area contributed by atoms with Crippen LogP contribution in [0.3, 0.4) is 0 Å². The van der Waals surface area contributed by atoms with Gasteiger partial charge < -0.3 is 0 Å². The zero-order valence-corrected chi connectivity index (χ0v) is 16.8. The van der Waals surface area contributed by atoms with Gasteiger partial charge >= 0.3 is 0 Å². The number of benzene rings is 2. The fourth-order valence-corrected chi connectivity index (χ4v) is 4.22. The SMILES string of the molecule is CCCCCCc1ccc(N2N=CC(c3ccc(CCC)cc3)S2)cc1. The minimum Gasteiger partial charge on any atom is -0.206 e. The first-order valence-corrected chi connectivity index (χ1v) is 10.8. The molecule has 1 aliphatic heterocycles. The van der Waals surface area contributed by atoms with Crippen molar-refractivity contribution in [3.63, 3.8) is 0 Å². The first-order chi connectivity index (χ1) is 12.8. The predicted molar refractivity (Wildman–Crippen MR) is 116 cm³/mol. The Balaban J connectivity index is 1.54. The van der Waals surface area contributed by atoms with Crippen LogP contribution >= 0.6 is 11.9 Å². The second-order valence-electron chi connectivity index (χ2n) is 7.03. The predicted octanol–water partition coefficient (Wildman–Crippen LogP) is 6.96. The summed E-state index contributed by atoms with van der Waals surface area (Å²) in [6.45, 7) is 4.48. The van der Waals surface area contributed by atoms with E-state index in [9.17, 15) is 0 Å². The highest BCUT2D eigenvalue weighted by atomic mass is 32.2. The Morgan fingerprint density at radius 1 is 0.808 bits per heavy atom. The highest BCUT2D eigenvalue weighted by Crippen LogP contribution is 2.38. The quantitative estimate of drug-likeness (QED) is 0.352. The smallest absolute Gasteiger partial charge is 0.0887 e. The minimum absolute atomic E-state index is 0.305. The van der Waals surface area contributed by atoms with Gasteiger partial charge in [0.1, 0.15) is 0 Å². The molecule has 1 unspecified atom stereocenters. The number of hydrazone groups is 1. The van der Waals surface area contributed by atoms with Crippen LogP contribution in [0.15, 0.2) is 53.6 Å². The first kappa shape index (κ1) is 19.0. The molecule has 0 aromatic heterocycles. The molecule has 2 aromatic carbocycles. The van der Waals surface area contributed by atoms with Crippen LogP contribution in [0.25, 0.3) is 0 Å². The van der Waals surface area contributed by atoms with Crippen LogP contribution in [0.2, 0.25) is 0 Å². The fraction of sp³-hybridized carbons (Fsp3) is 0.435. The third-order valence-electron chi connectivity index (χ3n) is 4.84. The molecule has 0 bridgehead atoms. The second kappa shape index (κ2) is 9.82. The third-order valence-corrected chi connectivity index (χ3v) is 5.97. The van der Waals surface area contributed by atoms with E-state index in [-0.39, 0.29) is 0 Å². The van der Waals surface area contributed by atoms with Crippen LogP contribution in [0.5, 0.6) is 0 Å². The molecular weight excluding hydrogens is 336 g/mol. The molecule has 1 heterocycles. The summed E-state index contributed by atoms with van der Waals surface area (Å²) in [6.07, 6.45) is 10.9. The lowest BCUT2D eigenvalue weighted by atomic mass is 10.1. The summed E-state index contributed by atoms with van der Waals surface area (Å²) in [5.41, 5.74) is 5.34. The molecule has 3 heteroatoms. The average molecular weight is 367 g/mol. The lowest BCUT2D eigenvalue weighted by molar-refractivity contribution is 0.667. The highest BCUT2D eigenvalue weighted by Gasteiger charge is 2.21. The molecule has 0 N–H and O–H groups in total. The fourth-order valence-electron chi connectivity index (χ4n) is 3.27. The van der Waals surface area contributed by atoms with Crippen molar-refractivity contribution in [3.05, 3.63) is 65.2 Å². The molecule has 26 heavy (non-hydrogen) atoms. The molecule has 0 fully saturated rings. The normalized spacial score (nSPS) is 16.4. The van der Waals surface area contributed by atoms with Crippen LogP contribution in [-0.4, -0.2) is 6.21 Å². The average Bonchev–Trinajstić information content (AvgIpc) is 3.17. The Bertz CT molecular complexity index is 691. The van der Waals surface area contributed by atoms with Crippen LogP contribution < -0.4 is 4.41 Å². The number of nitrogens with zero attached hydrogens (tertiary/aromatic N) is 2. The van der Waals surface area contributed by atoms with Gasteiger partial charge in [0.25, 0.3) is 0 Å². The van der Waals surface area contributed by atoms with Crippen molar-refractivity contribution < 1.29 is 0 Å². The molecule has 0 spiro atoms. The van der Waals surface area contributed by atoms with Crippen molar-refractivity contribution in [1.82, 2.24) is 0 Å². The molecule has 0 amide bonds. The summed E-state index contributed by atoms with van der Waals surface area (Å²) in [7, 11) is 0. The molecule has 0 saturated heterocycles. The number of anilines is 1. The van der Waals surface area contributed by atoms with Gasteiger partial charge in [-0.15, -0.1) is 0 Å². The van der Waals surface area contributed by atoms with E-state index in [1.54, 1.807) is 11.9 Å². The van der Waals surface area contributed by atoms with Gasteiger partial charge in [0.15, 0.2) is 0 Å². The molecule has 1 aliphatic rings. The van der Waals surface area contributed by atoms with Crippen molar-refractivity contribution in [2.75, 3.05) is 4.41 Å². The molecule has 1 atom stereocenters. The Morgan fingerprint density at radius 3 is 2.19 bits per heavy atom. The first-order valence-electron chi connectivity index (χ1n) is 9.99. The summed E-state index contributed by atoms with van der Waals surface area (Å²) < 4.78 is 2.05. The lowest BCUT2D eigenvalue weighted by Gasteiger charge is -2.15. The van der Waals surface area contributed by atoms with E-state index >= 15 is 0 Å². The van der Waals surface area contributed by atoms with Gasteiger partial charge in [-0.05, 0) is 60.0 Å². The maximum absolute atomic E-state index is 4.61. The minimum atomic E-state index is 0.305. The second-order valence-corrected chi connectivity index (χ2v) is 8.10. The lowest BCUT2D eigenvalue weighted by Crippen LogP contribution is -2.02. The summed E-state index contributed by atoms with van der Waals surface area (Å²) in [6, 6.07) is 17.9. The van der Waals surface area contributed by atoms with Crippen LogP contribution in [0.1, 0.15) is 67.9 Å². The Morgan fingerprint density at radius 2 is 1.50 bits per heavy atom. The van der Waals surface area contributed by atoms with Crippen LogP contribution in [0, 0.1) is 0 Å². The van der Waals surface area contributed by atoms with Gasteiger partial charge in [-0.1, -0.05) is 75.9 Å². The Hall–Kier alpha value is -1.74. The Kier molecular flexibility index (Phi) is 7.19. The third kappa shape index (κ3) is 5.14. The van der Waals surface area contributed by atoms with Crippen molar-refractivity contribution in [2.24, 2.45) is 5.10 Å². The summed E-state index contributed by atoms with van der Waals surface area (Å²) in [5.74, 6) is 0. The topological polar surface area (TPSA) is 15.6 Å². The van der Waals surface area contributed by atoms with E-state index in [4.69, 9.17) is 0 Å². The highest BCUT2D eigenvalue weighted by molar-refractivity contribution is 8.01. The largest absolute Gasteiger partial charge is 0.206 e. The van der Waals surface area contributed by atoms with Gasteiger partial charge in [0.05, 0.1) is 10.9 Å². The number of hydrogen-bond acceptors (Lipinski definition) is 3. The van der Waals surface area contributed by atoms with Gasteiger partial charge in [-0.25, -0.2) is 4.41 Å². The van der Waals surface area contributed by atoms with E-state index in [0.717, 1.165) is 12.1 Å². The van der Waals surface area contributed by atoms with Gasteiger partial charge in [0.2, 0.25) is 0 Å². The van der Waals surface area contributed by atoms with Crippen molar-refractivity contribution in [1.29, 1.82) is 0 Å². The van der Waals surface area contributed by atoms with E-state index in [1.165, 1.54) is 55.2 Å². The summed E-state index contributed by atoms with van der Waals surface area (Å²) in [4.78, 5) is 0. The van der Waals surface area contributed by atoms with Gasteiger partial charge in [0, 0.05) is 6.21 Å². The molecule has 138 valence electrons.